The Bertz CT molecular complexity index is 218. The molecule has 0 aromatic rings. The molecule has 0 saturated carbocycles. The largest absolute Gasteiger partial charge is 0.317 e. The number of piperidine rings is 1. The molecule has 0 bridgehead atoms. The normalized spacial score (nSPS) is 25.7. The molecule has 2 fully saturated rings. The highest BCUT2D eigenvalue weighted by Gasteiger charge is 2.22. The van der Waals surface area contributed by atoms with E-state index >= 15 is 0 Å². The third-order valence-corrected chi connectivity index (χ3v) is 4.79. The second-order valence-electron chi connectivity index (χ2n) is 6.27. The molecule has 18 heavy (non-hydrogen) atoms. The lowest BCUT2D eigenvalue weighted by atomic mass is 9.96. The maximum Gasteiger partial charge on any atom is 0.00479 e. The molecular formula is C15H31N3. The van der Waals surface area contributed by atoms with E-state index in [-0.39, 0.29) is 0 Å². The summed E-state index contributed by atoms with van der Waals surface area (Å²) in [5.41, 5.74) is 0. The molecule has 0 amide bonds. The van der Waals surface area contributed by atoms with Crippen molar-refractivity contribution in [2.45, 2.75) is 45.1 Å². The Kier molecular flexibility index (Phi) is 5.93. The van der Waals surface area contributed by atoms with Gasteiger partial charge in [-0.25, -0.2) is 0 Å². The van der Waals surface area contributed by atoms with Crippen LogP contribution in [-0.2, 0) is 0 Å². The van der Waals surface area contributed by atoms with E-state index in [1.807, 2.05) is 0 Å². The van der Waals surface area contributed by atoms with Gasteiger partial charge in [-0.15, -0.1) is 0 Å². The monoisotopic (exact) mass is 253 g/mol. The zero-order valence-corrected chi connectivity index (χ0v) is 12.3. The first-order valence-corrected chi connectivity index (χ1v) is 7.90. The molecule has 2 aliphatic rings. The minimum absolute atomic E-state index is 0.660. The van der Waals surface area contributed by atoms with E-state index in [0.717, 1.165) is 5.92 Å². The minimum Gasteiger partial charge on any atom is -0.317 e. The van der Waals surface area contributed by atoms with Gasteiger partial charge in [-0.2, -0.15) is 0 Å². The van der Waals surface area contributed by atoms with Crippen molar-refractivity contribution in [1.82, 2.24) is 15.1 Å². The van der Waals surface area contributed by atoms with Gasteiger partial charge in [-0.3, -0.25) is 0 Å². The van der Waals surface area contributed by atoms with Crippen LogP contribution in [0.3, 0.4) is 0 Å². The summed E-state index contributed by atoms with van der Waals surface area (Å²) in [6.45, 7) is 10.3. The van der Waals surface area contributed by atoms with E-state index in [1.54, 1.807) is 0 Å². The number of nitrogens with one attached hydrogen (secondary N) is 1. The van der Waals surface area contributed by atoms with Gasteiger partial charge in [0.1, 0.15) is 0 Å². The van der Waals surface area contributed by atoms with Crippen molar-refractivity contribution < 1.29 is 0 Å². The van der Waals surface area contributed by atoms with E-state index in [2.05, 4.69) is 29.1 Å². The number of likely N-dealkylation sites (tertiary alicyclic amines) is 2. The predicted molar refractivity (Wildman–Crippen MR) is 78.0 cm³/mol. The fourth-order valence-corrected chi connectivity index (χ4v) is 3.24. The van der Waals surface area contributed by atoms with Crippen LogP contribution in [0.5, 0.6) is 0 Å². The van der Waals surface area contributed by atoms with Crippen molar-refractivity contribution >= 4 is 0 Å². The molecule has 0 aliphatic carbocycles. The van der Waals surface area contributed by atoms with E-state index in [9.17, 15) is 0 Å². The van der Waals surface area contributed by atoms with Gasteiger partial charge in [-0.1, -0.05) is 0 Å². The summed E-state index contributed by atoms with van der Waals surface area (Å²) in [7, 11) is 2.06. The lowest BCUT2D eigenvalue weighted by Gasteiger charge is -2.34. The van der Waals surface area contributed by atoms with Gasteiger partial charge in [-0.05, 0) is 84.7 Å². The van der Waals surface area contributed by atoms with Crippen LogP contribution in [0.2, 0.25) is 0 Å². The van der Waals surface area contributed by atoms with Gasteiger partial charge in [0.05, 0.1) is 0 Å². The SMILES string of the molecule is CNC(C)CCN1CCC(CN2CCCC2)CC1. The maximum absolute atomic E-state index is 3.33. The molecule has 0 spiro atoms. The summed E-state index contributed by atoms with van der Waals surface area (Å²) in [5, 5.41) is 3.33. The first-order chi connectivity index (χ1) is 8.78. The molecule has 106 valence electrons. The Hall–Kier alpha value is -0.120. The van der Waals surface area contributed by atoms with Gasteiger partial charge in [0.15, 0.2) is 0 Å². The summed E-state index contributed by atoms with van der Waals surface area (Å²) in [6, 6.07) is 0.660. The fraction of sp³-hybridized carbons (Fsp3) is 1.00. The van der Waals surface area contributed by atoms with Crippen LogP contribution >= 0.6 is 0 Å². The van der Waals surface area contributed by atoms with Gasteiger partial charge < -0.3 is 15.1 Å². The topological polar surface area (TPSA) is 18.5 Å². The second kappa shape index (κ2) is 7.46. The van der Waals surface area contributed by atoms with Crippen LogP contribution in [0.15, 0.2) is 0 Å². The number of nitrogens with zero attached hydrogens (tertiary/aromatic N) is 2. The van der Waals surface area contributed by atoms with Crippen molar-refractivity contribution in [3.8, 4) is 0 Å². The molecule has 3 nitrogen and oxygen atoms in total. The van der Waals surface area contributed by atoms with Crippen LogP contribution in [0.25, 0.3) is 0 Å². The van der Waals surface area contributed by atoms with Gasteiger partial charge >= 0.3 is 0 Å². The summed E-state index contributed by atoms with van der Waals surface area (Å²) in [4.78, 5) is 5.34. The molecule has 0 aromatic heterocycles. The zero-order valence-electron chi connectivity index (χ0n) is 12.3. The van der Waals surface area contributed by atoms with Crippen molar-refractivity contribution in [2.75, 3.05) is 46.3 Å². The van der Waals surface area contributed by atoms with Crippen LogP contribution in [0.1, 0.15) is 39.0 Å². The molecule has 2 rings (SSSR count). The van der Waals surface area contributed by atoms with Crippen molar-refractivity contribution in [3.63, 3.8) is 0 Å². The Balaban J connectivity index is 1.58. The number of rotatable bonds is 6. The minimum atomic E-state index is 0.660. The summed E-state index contributed by atoms with van der Waals surface area (Å²) in [5.74, 6) is 0.973. The lowest BCUT2D eigenvalue weighted by molar-refractivity contribution is 0.150. The van der Waals surface area contributed by atoms with E-state index in [4.69, 9.17) is 0 Å². The lowest BCUT2D eigenvalue weighted by Crippen LogP contribution is -2.39. The molecule has 2 heterocycles. The summed E-state index contributed by atoms with van der Waals surface area (Å²) < 4.78 is 0. The molecule has 1 unspecified atom stereocenters. The van der Waals surface area contributed by atoms with Crippen LogP contribution in [0.4, 0.5) is 0 Å². The van der Waals surface area contributed by atoms with Gasteiger partial charge in [0.25, 0.3) is 0 Å². The molecule has 1 N–H and O–H groups in total. The number of hydrogen-bond donors (Lipinski definition) is 1. The smallest absolute Gasteiger partial charge is 0.00479 e. The van der Waals surface area contributed by atoms with Gasteiger partial charge in [0.2, 0.25) is 0 Å². The second-order valence-corrected chi connectivity index (χ2v) is 6.27. The molecule has 1 atom stereocenters. The standard InChI is InChI=1S/C15H31N3/c1-14(16-2)5-10-17-11-6-15(7-12-17)13-18-8-3-4-9-18/h14-16H,3-13H2,1-2H3. The van der Waals surface area contributed by atoms with Crippen LogP contribution in [-0.4, -0.2) is 62.2 Å². The highest BCUT2D eigenvalue weighted by atomic mass is 15.2. The van der Waals surface area contributed by atoms with Crippen LogP contribution in [0, 0.1) is 5.92 Å². The summed E-state index contributed by atoms with van der Waals surface area (Å²) >= 11 is 0. The highest BCUT2D eigenvalue weighted by molar-refractivity contribution is 4.77. The third-order valence-electron chi connectivity index (χ3n) is 4.79. The first kappa shape index (κ1) is 14.3. The van der Waals surface area contributed by atoms with E-state index in [0.29, 0.717) is 6.04 Å². The Morgan fingerprint density at radius 1 is 1.06 bits per heavy atom. The third kappa shape index (κ3) is 4.52. The first-order valence-electron chi connectivity index (χ1n) is 7.90. The van der Waals surface area contributed by atoms with Crippen LogP contribution < -0.4 is 5.32 Å². The highest BCUT2D eigenvalue weighted by Crippen LogP contribution is 2.20. The maximum atomic E-state index is 3.33. The molecule has 0 aromatic carbocycles. The fourth-order valence-electron chi connectivity index (χ4n) is 3.24. The Morgan fingerprint density at radius 3 is 2.33 bits per heavy atom. The average molecular weight is 253 g/mol. The zero-order chi connectivity index (χ0) is 12.8. The van der Waals surface area contributed by atoms with E-state index < -0.39 is 0 Å². The summed E-state index contributed by atoms with van der Waals surface area (Å²) in [6.07, 6.45) is 6.99. The quantitative estimate of drug-likeness (QED) is 0.778. The molecular weight excluding hydrogens is 222 g/mol. The predicted octanol–water partition coefficient (Wildman–Crippen LogP) is 1.79. The molecule has 2 saturated heterocycles. The molecule has 0 radical (unpaired) electrons. The van der Waals surface area contributed by atoms with E-state index in [1.165, 1.54) is 71.4 Å². The van der Waals surface area contributed by atoms with Crippen molar-refractivity contribution in [1.29, 1.82) is 0 Å². The Labute approximate surface area is 113 Å². The van der Waals surface area contributed by atoms with Crippen molar-refractivity contribution in [3.05, 3.63) is 0 Å². The average Bonchev–Trinajstić information content (AvgIpc) is 2.90. The molecule has 2 aliphatic heterocycles. The van der Waals surface area contributed by atoms with Crippen molar-refractivity contribution in [2.24, 2.45) is 5.92 Å². The Morgan fingerprint density at radius 2 is 1.72 bits per heavy atom. The molecule has 3 heteroatoms. The number of hydrogen-bond acceptors (Lipinski definition) is 3. The van der Waals surface area contributed by atoms with Gasteiger partial charge in [0, 0.05) is 12.6 Å².